The smallest absolute Gasteiger partial charge is 0.328 e. The molecular formula is C17H19N5O3S. The van der Waals surface area contributed by atoms with Crippen LogP contribution in [0.2, 0.25) is 0 Å². The third-order valence-electron chi connectivity index (χ3n) is 3.91. The molecule has 0 saturated carbocycles. The predicted molar refractivity (Wildman–Crippen MR) is 98.8 cm³/mol. The van der Waals surface area contributed by atoms with Gasteiger partial charge in [-0.3, -0.25) is 18.8 Å². The van der Waals surface area contributed by atoms with Gasteiger partial charge in [-0.1, -0.05) is 6.07 Å². The molecule has 0 radical (unpaired) electrons. The highest BCUT2D eigenvalue weighted by molar-refractivity contribution is 7.09. The molecular weight excluding hydrogens is 354 g/mol. The molecule has 0 aromatic carbocycles. The zero-order valence-electron chi connectivity index (χ0n) is 14.5. The lowest BCUT2D eigenvalue weighted by Gasteiger charge is -2.08. The van der Waals surface area contributed by atoms with Gasteiger partial charge in [-0.2, -0.15) is 5.10 Å². The van der Waals surface area contributed by atoms with Gasteiger partial charge in [0.15, 0.2) is 0 Å². The molecule has 2 N–H and O–H groups in total. The average molecular weight is 373 g/mol. The van der Waals surface area contributed by atoms with Gasteiger partial charge in [-0.25, -0.2) is 4.79 Å². The number of rotatable bonds is 6. The first-order chi connectivity index (χ1) is 12.5. The molecule has 3 heterocycles. The van der Waals surface area contributed by atoms with Gasteiger partial charge in [-0.15, -0.1) is 11.3 Å². The number of nitrogens with one attached hydrogen (secondary N) is 2. The quantitative estimate of drug-likeness (QED) is 0.670. The van der Waals surface area contributed by atoms with Crippen LogP contribution in [0, 0.1) is 13.8 Å². The van der Waals surface area contributed by atoms with Crippen molar-refractivity contribution in [2.45, 2.75) is 26.9 Å². The van der Waals surface area contributed by atoms with Crippen molar-refractivity contribution in [3.63, 3.8) is 0 Å². The second-order valence-electron chi connectivity index (χ2n) is 5.88. The maximum Gasteiger partial charge on any atom is 0.328 e. The number of nitrogens with zero attached hydrogens (tertiary/aromatic N) is 3. The van der Waals surface area contributed by atoms with Crippen LogP contribution in [0.5, 0.6) is 0 Å². The Bertz CT molecular complexity index is 1030. The number of aryl methyl sites for hydroxylation is 2. The van der Waals surface area contributed by atoms with E-state index in [1.807, 2.05) is 37.4 Å². The van der Waals surface area contributed by atoms with Crippen molar-refractivity contribution >= 4 is 17.2 Å². The lowest BCUT2D eigenvalue weighted by molar-refractivity contribution is 0.0949. The number of aromatic amines is 1. The van der Waals surface area contributed by atoms with Crippen molar-refractivity contribution in [3.05, 3.63) is 72.4 Å². The zero-order valence-corrected chi connectivity index (χ0v) is 15.3. The van der Waals surface area contributed by atoms with Crippen LogP contribution >= 0.6 is 11.3 Å². The second-order valence-corrected chi connectivity index (χ2v) is 6.92. The molecule has 0 saturated heterocycles. The molecule has 0 aliphatic rings. The normalized spacial score (nSPS) is 10.8. The minimum atomic E-state index is -0.606. The predicted octanol–water partition coefficient (Wildman–Crippen LogP) is 0.890. The van der Waals surface area contributed by atoms with Crippen LogP contribution in [0.25, 0.3) is 0 Å². The topological polar surface area (TPSA) is 102 Å². The van der Waals surface area contributed by atoms with Gasteiger partial charge in [0.25, 0.3) is 11.5 Å². The molecule has 0 aliphatic heterocycles. The number of amides is 1. The third-order valence-corrected chi connectivity index (χ3v) is 4.77. The lowest BCUT2D eigenvalue weighted by atomic mass is 10.3. The van der Waals surface area contributed by atoms with Crippen molar-refractivity contribution in [2.24, 2.45) is 0 Å². The largest absolute Gasteiger partial charge is 0.350 e. The van der Waals surface area contributed by atoms with E-state index in [1.54, 1.807) is 4.68 Å². The summed E-state index contributed by atoms with van der Waals surface area (Å²) < 4.78 is 2.82. The van der Waals surface area contributed by atoms with Crippen molar-refractivity contribution in [2.75, 3.05) is 6.54 Å². The minimum absolute atomic E-state index is 0.0884. The highest BCUT2D eigenvalue weighted by atomic mass is 32.1. The summed E-state index contributed by atoms with van der Waals surface area (Å²) in [5.41, 5.74) is 0.674. The van der Waals surface area contributed by atoms with E-state index in [-0.39, 0.29) is 12.1 Å². The molecule has 0 unspecified atom stereocenters. The Labute approximate surface area is 153 Å². The minimum Gasteiger partial charge on any atom is -0.350 e. The van der Waals surface area contributed by atoms with Crippen LogP contribution in [0.15, 0.2) is 39.4 Å². The SMILES string of the molecule is Cc1cc(C)n(CCNC(=O)c2c[nH]c(=O)n(Cc3cccs3)c2=O)n1. The number of hydrogen-bond donors (Lipinski definition) is 2. The molecule has 0 fully saturated rings. The van der Waals surface area contributed by atoms with Crippen LogP contribution in [-0.4, -0.2) is 31.8 Å². The van der Waals surface area contributed by atoms with Crippen LogP contribution < -0.4 is 16.6 Å². The summed E-state index contributed by atoms with van der Waals surface area (Å²) in [5, 5.41) is 8.88. The van der Waals surface area contributed by atoms with E-state index in [1.165, 1.54) is 11.3 Å². The van der Waals surface area contributed by atoms with Crippen LogP contribution in [0.4, 0.5) is 0 Å². The summed E-state index contributed by atoms with van der Waals surface area (Å²) in [5.74, 6) is -0.521. The van der Waals surface area contributed by atoms with E-state index in [4.69, 9.17) is 0 Å². The van der Waals surface area contributed by atoms with Crippen molar-refractivity contribution < 1.29 is 4.79 Å². The summed E-state index contributed by atoms with van der Waals surface area (Å²) in [4.78, 5) is 40.1. The lowest BCUT2D eigenvalue weighted by Crippen LogP contribution is -2.41. The number of H-pyrrole nitrogens is 1. The Morgan fingerprint density at radius 2 is 2.15 bits per heavy atom. The van der Waals surface area contributed by atoms with Gasteiger partial charge in [0.05, 0.1) is 18.8 Å². The Kier molecular flexibility index (Phi) is 5.17. The maximum atomic E-state index is 12.5. The molecule has 0 aliphatic carbocycles. The van der Waals surface area contributed by atoms with E-state index in [9.17, 15) is 14.4 Å². The number of carbonyl (C=O) groups excluding carboxylic acids is 1. The maximum absolute atomic E-state index is 12.5. The molecule has 0 spiro atoms. The van der Waals surface area contributed by atoms with Gasteiger partial charge < -0.3 is 10.3 Å². The Morgan fingerprint density at radius 3 is 2.81 bits per heavy atom. The number of thiophene rings is 1. The molecule has 8 nitrogen and oxygen atoms in total. The monoisotopic (exact) mass is 373 g/mol. The van der Waals surface area contributed by atoms with E-state index >= 15 is 0 Å². The van der Waals surface area contributed by atoms with E-state index in [2.05, 4.69) is 15.4 Å². The fraction of sp³-hybridized carbons (Fsp3) is 0.294. The van der Waals surface area contributed by atoms with Gasteiger partial charge >= 0.3 is 5.69 Å². The van der Waals surface area contributed by atoms with Gasteiger partial charge in [0.1, 0.15) is 5.56 Å². The summed E-state index contributed by atoms with van der Waals surface area (Å²) >= 11 is 1.44. The number of aromatic nitrogens is 4. The average Bonchev–Trinajstić information content (AvgIpc) is 3.21. The second kappa shape index (κ2) is 7.52. The summed E-state index contributed by atoms with van der Waals surface area (Å²) in [7, 11) is 0. The van der Waals surface area contributed by atoms with E-state index in [0.717, 1.165) is 27.0 Å². The molecule has 3 aromatic rings. The highest BCUT2D eigenvalue weighted by Crippen LogP contribution is 2.08. The van der Waals surface area contributed by atoms with Gasteiger partial charge in [0.2, 0.25) is 0 Å². The third kappa shape index (κ3) is 3.83. The van der Waals surface area contributed by atoms with Gasteiger partial charge in [0, 0.05) is 23.3 Å². The summed E-state index contributed by atoms with van der Waals surface area (Å²) in [6, 6.07) is 5.62. The fourth-order valence-corrected chi connectivity index (χ4v) is 3.34. The first-order valence-electron chi connectivity index (χ1n) is 8.10. The Hall–Kier alpha value is -2.94. The molecule has 0 bridgehead atoms. The first-order valence-corrected chi connectivity index (χ1v) is 8.98. The van der Waals surface area contributed by atoms with Crippen LogP contribution in [0.3, 0.4) is 0 Å². The highest BCUT2D eigenvalue weighted by Gasteiger charge is 2.15. The molecule has 9 heteroatoms. The van der Waals surface area contributed by atoms with E-state index < -0.39 is 17.2 Å². The Morgan fingerprint density at radius 1 is 1.35 bits per heavy atom. The van der Waals surface area contributed by atoms with Crippen molar-refractivity contribution in [1.29, 1.82) is 0 Å². The molecule has 136 valence electrons. The standard InChI is InChI=1S/C17H19N5O3S/c1-11-8-12(2)22(20-11)6-5-18-15(23)14-9-19-17(25)21(16(14)24)10-13-4-3-7-26-13/h3-4,7-9H,5-6,10H2,1-2H3,(H,18,23)(H,19,25). The number of carbonyl (C=O) groups is 1. The summed E-state index contributed by atoms with van der Waals surface area (Å²) in [6.07, 6.45) is 1.16. The zero-order chi connectivity index (χ0) is 18.7. The van der Waals surface area contributed by atoms with Gasteiger partial charge in [-0.05, 0) is 31.4 Å². The fourth-order valence-electron chi connectivity index (χ4n) is 2.65. The first kappa shape index (κ1) is 17.9. The van der Waals surface area contributed by atoms with Crippen LogP contribution in [-0.2, 0) is 13.1 Å². The molecule has 3 rings (SSSR count). The molecule has 3 aromatic heterocycles. The van der Waals surface area contributed by atoms with Crippen molar-refractivity contribution in [1.82, 2.24) is 24.6 Å². The van der Waals surface area contributed by atoms with Crippen LogP contribution in [0.1, 0.15) is 26.6 Å². The summed E-state index contributed by atoms with van der Waals surface area (Å²) in [6.45, 7) is 4.80. The number of hydrogen-bond acceptors (Lipinski definition) is 5. The molecule has 0 atom stereocenters. The Balaban J connectivity index is 1.72. The van der Waals surface area contributed by atoms with Crippen molar-refractivity contribution in [3.8, 4) is 0 Å². The van der Waals surface area contributed by atoms with E-state index in [0.29, 0.717) is 13.1 Å². The molecule has 26 heavy (non-hydrogen) atoms. The molecule has 1 amide bonds.